The lowest BCUT2D eigenvalue weighted by atomic mass is 10.1. The number of hydrogen-bond donors (Lipinski definition) is 2. The molecule has 2 N–H and O–H groups in total. The summed E-state index contributed by atoms with van der Waals surface area (Å²) in [6.07, 6.45) is 0. The lowest BCUT2D eigenvalue weighted by Gasteiger charge is -2.14. The van der Waals surface area contributed by atoms with Crippen molar-refractivity contribution in [2.75, 3.05) is 14.2 Å². The van der Waals surface area contributed by atoms with Crippen LogP contribution < -0.4 is 5.30 Å². The minimum absolute atomic E-state index is 0.121. The van der Waals surface area contributed by atoms with E-state index in [2.05, 4.69) is 9.05 Å². The minimum Gasteiger partial charge on any atom is -0.478 e. The first kappa shape index (κ1) is 14.4. The second-order valence-corrected chi connectivity index (χ2v) is 5.48. The van der Waals surface area contributed by atoms with Crippen LogP contribution in [0.5, 0.6) is 0 Å². The van der Waals surface area contributed by atoms with Crippen molar-refractivity contribution in [1.82, 2.24) is 0 Å². The summed E-state index contributed by atoms with van der Waals surface area (Å²) in [5.74, 6) is -2.67. The van der Waals surface area contributed by atoms with Gasteiger partial charge in [-0.2, -0.15) is 0 Å². The fourth-order valence-corrected chi connectivity index (χ4v) is 2.47. The first-order chi connectivity index (χ1) is 8.34. The molecule has 1 aromatic rings. The summed E-state index contributed by atoms with van der Waals surface area (Å²) in [4.78, 5) is 21.7. The zero-order chi connectivity index (χ0) is 13.9. The van der Waals surface area contributed by atoms with Crippen LogP contribution in [0.25, 0.3) is 0 Å². The first-order valence-corrected chi connectivity index (χ1v) is 6.22. The number of carbonyl (C=O) groups is 2. The molecule has 0 saturated carbocycles. The third-order valence-corrected chi connectivity index (χ3v) is 4.06. The van der Waals surface area contributed by atoms with Gasteiger partial charge in [0.25, 0.3) is 0 Å². The van der Waals surface area contributed by atoms with Crippen molar-refractivity contribution in [3.63, 3.8) is 0 Å². The van der Waals surface area contributed by atoms with Crippen LogP contribution in [0, 0.1) is 0 Å². The SMILES string of the molecule is COP(=O)(OC)c1cc(C(=O)O)cc(C(=O)O)c1. The van der Waals surface area contributed by atoms with E-state index in [1.165, 1.54) is 0 Å². The predicted molar refractivity (Wildman–Crippen MR) is 61.6 cm³/mol. The summed E-state index contributed by atoms with van der Waals surface area (Å²) >= 11 is 0. The van der Waals surface area contributed by atoms with E-state index in [9.17, 15) is 14.2 Å². The van der Waals surface area contributed by atoms with Gasteiger partial charge in [-0.1, -0.05) is 0 Å². The van der Waals surface area contributed by atoms with Gasteiger partial charge >= 0.3 is 19.5 Å². The molecular weight excluding hydrogens is 263 g/mol. The number of hydrogen-bond acceptors (Lipinski definition) is 5. The molecule has 0 aliphatic carbocycles. The Morgan fingerprint density at radius 3 is 1.67 bits per heavy atom. The predicted octanol–water partition coefficient (Wildman–Crippen LogP) is 1.19. The molecule has 1 aromatic carbocycles. The molecule has 18 heavy (non-hydrogen) atoms. The van der Waals surface area contributed by atoms with Crippen LogP contribution in [-0.4, -0.2) is 36.4 Å². The quantitative estimate of drug-likeness (QED) is 0.776. The van der Waals surface area contributed by atoms with E-state index >= 15 is 0 Å². The van der Waals surface area contributed by atoms with Crippen molar-refractivity contribution in [2.45, 2.75) is 0 Å². The van der Waals surface area contributed by atoms with Gasteiger partial charge in [0.2, 0.25) is 0 Å². The molecule has 0 unspecified atom stereocenters. The van der Waals surface area contributed by atoms with Crippen molar-refractivity contribution in [2.24, 2.45) is 0 Å². The largest absolute Gasteiger partial charge is 0.478 e. The molecule has 0 spiro atoms. The third kappa shape index (κ3) is 2.76. The highest BCUT2D eigenvalue weighted by molar-refractivity contribution is 7.62. The molecule has 98 valence electrons. The number of carboxylic acids is 2. The van der Waals surface area contributed by atoms with Gasteiger partial charge in [0, 0.05) is 14.2 Å². The zero-order valence-corrected chi connectivity index (χ0v) is 10.5. The molecule has 0 radical (unpaired) electrons. The molecular formula is C10H11O7P. The van der Waals surface area contributed by atoms with Crippen molar-refractivity contribution in [3.8, 4) is 0 Å². The highest BCUT2D eigenvalue weighted by atomic mass is 31.2. The first-order valence-electron chi connectivity index (χ1n) is 4.68. The fraction of sp³-hybridized carbons (Fsp3) is 0.200. The number of carboxylic acid groups (broad SMARTS) is 2. The lowest BCUT2D eigenvalue weighted by Crippen LogP contribution is -2.14. The van der Waals surface area contributed by atoms with Gasteiger partial charge in [-0.15, -0.1) is 0 Å². The maximum absolute atomic E-state index is 12.1. The smallest absolute Gasteiger partial charge is 0.360 e. The summed E-state index contributed by atoms with van der Waals surface area (Å²) in [7, 11) is -1.45. The molecule has 0 heterocycles. The van der Waals surface area contributed by atoms with Crippen molar-refractivity contribution in [1.29, 1.82) is 0 Å². The Bertz CT molecular complexity index is 497. The summed E-state index contributed by atoms with van der Waals surface area (Å²) < 4.78 is 21.5. The molecule has 0 atom stereocenters. The highest BCUT2D eigenvalue weighted by Gasteiger charge is 2.27. The van der Waals surface area contributed by atoms with E-state index in [0.717, 1.165) is 32.4 Å². The molecule has 0 fully saturated rings. The second kappa shape index (κ2) is 5.30. The Morgan fingerprint density at radius 1 is 1.00 bits per heavy atom. The van der Waals surface area contributed by atoms with Gasteiger partial charge < -0.3 is 19.3 Å². The molecule has 8 heteroatoms. The van der Waals surface area contributed by atoms with E-state index in [4.69, 9.17) is 10.2 Å². The topological polar surface area (TPSA) is 110 Å². The highest BCUT2D eigenvalue weighted by Crippen LogP contribution is 2.45. The molecule has 0 aliphatic rings. The third-order valence-electron chi connectivity index (χ3n) is 2.21. The molecule has 7 nitrogen and oxygen atoms in total. The van der Waals surface area contributed by atoms with Crippen LogP contribution in [0.4, 0.5) is 0 Å². The number of benzene rings is 1. The van der Waals surface area contributed by atoms with Crippen LogP contribution in [0.1, 0.15) is 20.7 Å². The normalized spacial score (nSPS) is 11.2. The van der Waals surface area contributed by atoms with Crippen LogP contribution >= 0.6 is 7.60 Å². The van der Waals surface area contributed by atoms with Crippen molar-refractivity contribution >= 4 is 24.8 Å². The van der Waals surface area contributed by atoms with Gasteiger partial charge in [-0.3, -0.25) is 4.57 Å². The van der Waals surface area contributed by atoms with Gasteiger partial charge in [-0.25, -0.2) is 9.59 Å². The molecule has 0 aliphatic heterocycles. The average Bonchev–Trinajstić information content (AvgIpc) is 2.37. The average molecular weight is 274 g/mol. The summed E-state index contributed by atoms with van der Waals surface area (Å²) in [6, 6.07) is 3.08. The molecule has 1 rings (SSSR count). The summed E-state index contributed by atoms with van der Waals surface area (Å²) in [5, 5.41) is 17.6. The lowest BCUT2D eigenvalue weighted by molar-refractivity contribution is 0.0696. The van der Waals surface area contributed by atoms with Gasteiger partial charge in [0.1, 0.15) is 0 Å². The standard InChI is InChI=1S/C10H11O7P/c1-16-18(15,17-2)8-4-6(9(11)12)3-7(5-8)10(13)14/h3-5H,1-2H3,(H,11,12)(H,13,14). The molecule has 0 aromatic heterocycles. The zero-order valence-electron chi connectivity index (χ0n) is 9.61. The fourth-order valence-electron chi connectivity index (χ4n) is 1.30. The number of rotatable bonds is 5. The summed E-state index contributed by atoms with van der Waals surface area (Å²) in [6.45, 7) is 0. The van der Waals surface area contributed by atoms with E-state index in [1.807, 2.05) is 0 Å². The van der Waals surface area contributed by atoms with Gasteiger partial charge in [0.05, 0.1) is 16.4 Å². The Balaban J connectivity index is 3.49. The minimum atomic E-state index is -3.69. The summed E-state index contributed by atoms with van der Waals surface area (Å²) in [5.41, 5.74) is -0.613. The van der Waals surface area contributed by atoms with E-state index < -0.39 is 19.5 Å². The van der Waals surface area contributed by atoms with Crippen LogP contribution in [0.15, 0.2) is 18.2 Å². The van der Waals surface area contributed by atoms with E-state index in [1.54, 1.807) is 0 Å². The monoisotopic (exact) mass is 274 g/mol. The van der Waals surface area contributed by atoms with E-state index in [-0.39, 0.29) is 16.4 Å². The van der Waals surface area contributed by atoms with Crippen LogP contribution in [0.2, 0.25) is 0 Å². The van der Waals surface area contributed by atoms with Crippen molar-refractivity contribution < 1.29 is 33.4 Å². The molecule has 0 saturated heterocycles. The van der Waals surface area contributed by atoms with E-state index in [0.29, 0.717) is 0 Å². The molecule has 0 bridgehead atoms. The van der Waals surface area contributed by atoms with Gasteiger partial charge in [-0.05, 0) is 18.2 Å². The second-order valence-electron chi connectivity index (χ2n) is 3.24. The molecule has 0 amide bonds. The maximum Gasteiger partial charge on any atom is 0.360 e. The van der Waals surface area contributed by atoms with Crippen molar-refractivity contribution in [3.05, 3.63) is 29.3 Å². The maximum atomic E-state index is 12.1. The van der Waals surface area contributed by atoms with Crippen LogP contribution in [-0.2, 0) is 13.6 Å². The Hall–Kier alpha value is -1.69. The Labute approximate surface area is 102 Å². The Kier molecular flexibility index (Phi) is 4.24. The van der Waals surface area contributed by atoms with Gasteiger partial charge in [0.15, 0.2) is 0 Å². The van der Waals surface area contributed by atoms with Crippen LogP contribution in [0.3, 0.4) is 0 Å². The number of aromatic carboxylic acids is 2. The Morgan fingerprint density at radius 2 is 1.39 bits per heavy atom.